The molecule has 1 heterocycles. The molecule has 0 radical (unpaired) electrons. The van der Waals surface area contributed by atoms with Crippen molar-refractivity contribution in [2.24, 2.45) is 5.92 Å². The normalized spacial score (nSPS) is 34.3. The van der Waals surface area contributed by atoms with Gasteiger partial charge >= 0.3 is 0 Å². The number of hydrogen-bond acceptors (Lipinski definition) is 1. The van der Waals surface area contributed by atoms with Crippen molar-refractivity contribution in [3.63, 3.8) is 0 Å². The van der Waals surface area contributed by atoms with Crippen LogP contribution in [0.25, 0.3) is 0 Å². The zero-order valence-corrected chi connectivity index (χ0v) is 8.79. The Balaban J connectivity index is 2.19. The maximum Gasteiger partial charge on any atom is 0.111 e. The van der Waals surface area contributed by atoms with E-state index in [2.05, 4.69) is 32.1 Å². The molecule has 0 spiro atoms. The van der Waals surface area contributed by atoms with E-state index < -0.39 is 0 Å². The predicted molar refractivity (Wildman–Crippen MR) is 56.5 cm³/mol. The van der Waals surface area contributed by atoms with E-state index in [1.165, 1.54) is 24.2 Å². The molecule has 0 N–H and O–H groups in total. The van der Waals surface area contributed by atoms with Gasteiger partial charge in [0.2, 0.25) is 0 Å². The van der Waals surface area contributed by atoms with Gasteiger partial charge in [0, 0.05) is 17.4 Å². The molecule has 0 amide bonds. The number of aryl methyl sites for hydroxylation is 1. The third kappa shape index (κ3) is 1.01. The standard InChI is InChI=1S/C13H16O/c1-8-7-12-11-5-3-10(4-6-11)9(2)13(12)14-8/h3,5,7,9-11H,4,6H2,1-2H3/t9-,10?,11?/m1/s1. The highest BCUT2D eigenvalue weighted by atomic mass is 16.3. The Bertz CT molecular complexity index is 386. The molecule has 3 atom stereocenters. The maximum atomic E-state index is 5.84. The van der Waals surface area contributed by atoms with Gasteiger partial charge in [0.05, 0.1) is 0 Å². The first-order chi connectivity index (χ1) is 6.75. The summed E-state index contributed by atoms with van der Waals surface area (Å²) >= 11 is 0. The molecular formula is C13H16O. The van der Waals surface area contributed by atoms with Gasteiger partial charge in [-0.3, -0.25) is 0 Å². The first-order valence-corrected chi connectivity index (χ1v) is 5.54. The number of allylic oxidation sites excluding steroid dienone is 2. The Labute approximate surface area is 84.8 Å². The van der Waals surface area contributed by atoms with E-state index in [1.54, 1.807) is 0 Å². The molecule has 1 aromatic rings. The Kier molecular flexibility index (Phi) is 1.64. The van der Waals surface area contributed by atoms with E-state index in [0.717, 1.165) is 5.76 Å². The van der Waals surface area contributed by atoms with Crippen molar-refractivity contribution in [2.75, 3.05) is 0 Å². The lowest BCUT2D eigenvalue weighted by atomic mass is 9.86. The summed E-state index contributed by atoms with van der Waals surface area (Å²) < 4.78 is 5.84. The molecule has 3 aliphatic rings. The van der Waals surface area contributed by atoms with Crippen LogP contribution in [-0.2, 0) is 0 Å². The van der Waals surface area contributed by atoms with Crippen LogP contribution in [0.3, 0.4) is 0 Å². The van der Waals surface area contributed by atoms with Crippen molar-refractivity contribution < 1.29 is 4.42 Å². The minimum absolute atomic E-state index is 0.572. The average Bonchev–Trinajstić information content (AvgIpc) is 2.51. The summed E-state index contributed by atoms with van der Waals surface area (Å²) in [4.78, 5) is 0. The van der Waals surface area contributed by atoms with E-state index in [4.69, 9.17) is 4.42 Å². The van der Waals surface area contributed by atoms with Gasteiger partial charge in [-0.1, -0.05) is 19.1 Å². The fraction of sp³-hybridized carbons (Fsp3) is 0.538. The molecule has 0 saturated carbocycles. The molecule has 2 unspecified atom stereocenters. The molecule has 2 bridgehead atoms. The molecule has 0 saturated heterocycles. The van der Waals surface area contributed by atoms with Crippen LogP contribution >= 0.6 is 0 Å². The summed E-state index contributed by atoms with van der Waals surface area (Å²) in [6.07, 6.45) is 7.40. The molecule has 4 rings (SSSR count). The van der Waals surface area contributed by atoms with Gasteiger partial charge < -0.3 is 4.42 Å². The highest BCUT2D eigenvalue weighted by Gasteiger charge is 2.33. The lowest BCUT2D eigenvalue weighted by molar-refractivity contribution is 0.396. The molecule has 74 valence electrons. The van der Waals surface area contributed by atoms with Gasteiger partial charge in [-0.2, -0.15) is 0 Å². The van der Waals surface area contributed by atoms with Crippen LogP contribution < -0.4 is 0 Å². The van der Waals surface area contributed by atoms with Crippen LogP contribution in [0.2, 0.25) is 0 Å². The van der Waals surface area contributed by atoms with E-state index in [0.29, 0.717) is 17.8 Å². The summed E-state index contributed by atoms with van der Waals surface area (Å²) in [5, 5.41) is 0. The van der Waals surface area contributed by atoms with E-state index >= 15 is 0 Å². The first kappa shape index (κ1) is 8.34. The second kappa shape index (κ2) is 2.75. The van der Waals surface area contributed by atoms with Crippen LogP contribution in [0.15, 0.2) is 22.6 Å². The van der Waals surface area contributed by atoms with Crippen LogP contribution in [0.1, 0.15) is 48.7 Å². The number of rotatable bonds is 0. The Morgan fingerprint density at radius 3 is 2.86 bits per heavy atom. The molecule has 14 heavy (non-hydrogen) atoms. The monoisotopic (exact) mass is 188 g/mol. The third-order valence-electron chi connectivity index (χ3n) is 3.77. The number of fused-ring (bicyclic) bond motifs is 1. The molecule has 1 heteroatoms. The van der Waals surface area contributed by atoms with Gasteiger partial charge in [-0.05, 0) is 31.7 Å². The second-order valence-corrected chi connectivity index (χ2v) is 4.70. The maximum absolute atomic E-state index is 5.84. The predicted octanol–water partition coefficient (Wildman–Crippen LogP) is 3.75. The lowest BCUT2D eigenvalue weighted by Gasteiger charge is -2.19. The average molecular weight is 188 g/mol. The van der Waals surface area contributed by atoms with Gasteiger partial charge in [0.1, 0.15) is 11.5 Å². The fourth-order valence-corrected chi connectivity index (χ4v) is 2.91. The topological polar surface area (TPSA) is 13.1 Å². The fourth-order valence-electron chi connectivity index (χ4n) is 2.91. The van der Waals surface area contributed by atoms with Crippen LogP contribution in [-0.4, -0.2) is 0 Å². The number of furan rings is 1. The number of hydrogen-bond donors (Lipinski definition) is 0. The third-order valence-corrected chi connectivity index (χ3v) is 3.77. The smallest absolute Gasteiger partial charge is 0.111 e. The van der Waals surface area contributed by atoms with Crippen LogP contribution in [0, 0.1) is 12.8 Å². The highest BCUT2D eigenvalue weighted by Crippen LogP contribution is 2.45. The van der Waals surface area contributed by atoms with Crippen molar-refractivity contribution in [3.05, 3.63) is 35.3 Å². The van der Waals surface area contributed by atoms with Gasteiger partial charge in [0.15, 0.2) is 0 Å². The molecule has 1 aromatic heterocycles. The van der Waals surface area contributed by atoms with Crippen molar-refractivity contribution in [3.8, 4) is 0 Å². The quantitative estimate of drug-likeness (QED) is 0.565. The zero-order valence-electron chi connectivity index (χ0n) is 8.79. The van der Waals surface area contributed by atoms with Gasteiger partial charge in [-0.25, -0.2) is 0 Å². The van der Waals surface area contributed by atoms with Crippen LogP contribution in [0.5, 0.6) is 0 Å². The van der Waals surface area contributed by atoms with Crippen molar-refractivity contribution in [2.45, 2.75) is 38.5 Å². The minimum atomic E-state index is 0.572. The molecule has 0 aliphatic heterocycles. The first-order valence-electron chi connectivity index (χ1n) is 5.54. The molecule has 0 fully saturated rings. The summed E-state index contributed by atoms with van der Waals surface area (Å²) in [5.74, 6) is 4.23. The van der Waals surface area contributed by atoms with E-state index in [9.17, 15) is 0 Å². The molecule has 1 nitrogen and oxygen atoms in total. The summed E-state index contributed by atoms with van der Waals surface area (Å²) in [6, 6.07) is 2.23. The SMILES string of the molecule is Cc1cc2c(o1)[C@H](C)C1C=CC2CC1. The zero-order chi connectivity index (χ0) is 9.71. The Morgan fingerprint density at radius 2 is 2.14 bits per heavy atom. The molecular weight excluding hydrogens is 172 g/mol. The van der Waals surface area contributed by atoms with Crippen molar-refractivity contribution in [1.82, 2.24) is 0 Å². The summed E-state index contributed by atoms with van der Waals surface area (Å²) in [5.41, 5.74) is 1.45. The Hall–Kier alpha value is -0.980. The second-order valence-electron chi connectivity index (χ2n) is 4.70. The van der Waals surface area contributed by atoms with Crippen molar-refractivity contribution >= 4 is 0 Å². The highest BCUT2D eigenvalue weighted by molar-refractivity contribution is 5.36. The van der Waals surface area contributed by atoms with Crippen molar-refractivity contribution in [1.29, 1.82) is 0 Å². The van der Waals surface area contributed by atoms with E-state index in [-0.39, 0.29) is 0 Å². The minimum Gasteiger partial charge on any atom is -0.466 e. The lowest BCUT2D eigenvalue weighted by Crippen LogP contribution is -2.07. The van der Waals surface area contributed by atoms with E-state index in [1.807, 2.05) is 0 Å². The largest absolute Gasteiger partial charge is 0.466 e. The molecule has 3 aliphatic carbocycles. The van der Waals surface area contributed by atoms with Gasteiger partial charge in [0.25, 0.3) is 0 Å². The van der Waals surface area contributed by atoms with Gasteiger partial charge in [-0.15, -0.1) is 0 Å². The molecule has 0 aromatic carbocycles. The Morgan fingerprint density at radius 1 is 1.29 bits per heavy atom. The van der Waals surface area contributed by atoms with Crippen LogP contribution in [0.4, 0.5) is 0 Å². The summed E-state index contributed by atoms with van der Waals surface area (Å²) in [6.45, 7) is 4.35. The summed E-state index contributed by atoms with van der Waals surface area (Å²) in [7, 11) is 0.